The van der Waals surface area contributed by atoms with Gasteiger partial charge in [0.1, 0.15) is 18.2 Å². The number of phenolic OH excluding ortho intramolecular Hbond substituents is 1. The number of hydrogen-bond acceptors (Lipinski definition) is 6. The molecule has 7 nitrogen and oxygen atoms in total. The van der Waals surface area contributed by atoms with Crippen LogP contribution < -0.4 is 5.56 Å². The summed E-state index contributed by atoms with van der Waals surface area (Å²) >= 11 is 0. The number of pyridine rings is 2. The van der Waals surface area contributed by atoms with Crippen molar-refractivity contribution < 1.29 is 24.1 Å². The molecule has 0 spiro atoms. The lowest BCUT2D eigenvalue weighted by molar-refractivity contribution is -0.172. The van der Waals surface area contributed by atoms with Crippen LogP contribution in [0.4, 0.5) is 4.39 Å². The van der Waals surface area contributed by atoms with Gasteiger partial charge in [0.15, 0.2) is 5.60 Å². The Morgan fingerprint density at radius 2 is 2.03 bits per heavy atom. The van der Waals surface area contributed by atoms with E-state index in [9.17, 15) is 19.8 Å². The van der Waals surface area contributed by atoms with Crippen LogP contribution in [0.15, 0.2) is 23.0 Å². The minimum Gasteiger partial charge on any atom is -0.507 e. The molecule has 2 N–H and O–H groups in total. The number of hydrogen-bond donors (Lipinski definition) is 2. The maximum atomic E-state index is 15.5. The number of benzene rings is 1. The fourth-order valence-electron chi connectivity index (χ4n) is 4.45. The maximum Gasteiger partial charge on any atom is 0.343 e. The van der Waals surface area contributed by atoms with E-state index >= 15 is 4.39 Å². The Balaban J connectivity index is 1.86. The van der Waals surface area contributed by atoms with Crippen LogP contribution in [0.1, 0.15) is 42.5 Å². The van der Waals surface area contributed by atoms with Crippen LogP contribution in [-0.2, 0) is 34.7 Å². The predicted molar refractivity (Wildman–Crippen MR) is 106 cm³/mol. The molecule has 0 amide bonds. The number of aromatic hydroxyl groups is 1. The Morgan fingerprint density at radius 1 is 1.27 bits per heavy atom. The molecule has 2 aromatic heterocycles. The second-order valence-electron chi connectivity index (χ2n) is 7.68. The second-order valence-corrected chi connectivity index (χ2v) is 7.68. The van der Waals surface area contributed by atoms with E-state index in [1.54, 1.807) is 19.1 Å². The van der Waals surface area contributed by atoms with Crippen LogP contribution >= 0.6 is 0 Å². The standard InChI is InChI=1S/C22H19FN2O5/c1-3-10-5-6-15(26)16-17(23)11-8-25-14(19(11)24-18(10)16)7-13-12(20(25)27)9-30-21(28)22(13,29)4-2/h5-7,26,29H,3-4,8-9H2,1-2H3/t22-/m0/s1. The fraction of sp³-hybridized carbons (Fsp3) is 0.318. The number of phenols is 1. The highest BCUT2D eigenvalue weighted by Gasteiger charge is 2.45. The summed E-state index contributed by atoms with van der Waals surface area (Å²) in [6.45, 7) is 3.22. The molecule has 8 heteroatoms. The molecule has 2 aliphatic heterocycles. The molecule has 3 aromatic rings. The Morgan fingerprint density at radius 3 is 2.73 bits per heavy atom. The van der Waals surface area contributed by atoms with Gasteiger partial charge in [-0.3, -0.25) is 4.79 Å². The van der Waals surface area contributed by atoms with Gasteiger partial charge >= 0.3 is 5.97 Å². The van der Waals surface area contributed by atoms with E-state index in [-0.39, 0.29) is 53.1 Å². The van der Waals surface area contributed by atoms with E-state index in [0.717, 1.165) is 5.56 Å². The highest BCUT2D eigenvalue weighted by molar-refractivity contribution is 5.92. The van der Waals surface area contributed by atoms with Crippen LogP contribution in [0, 0.1) is 5.82 Å². The minimum absolute atomic E-state index is 0.0297. The smallest absolute Gasteiger partial charge is 0.343 e. The van der Waals surface area contributed by atoms with Crippen molar-refractivity contribution >= 4 is 16.9 Å². The summed E-state index contributed by atoms with van der Waals surface area (Å²) in [5, 5.41) is 21.2. The van der Waals surface area contributed by atoms with Crippen LogP contribution in [-0.4, -0.2) is 25.7 Å². The first-order valence-corrected chi connectivity index (χ1v) is 9.81. The molecule has 0 unspecified atom stereocenters. The normalized spacial score (nSPS) is 19.4. The number of aliphatic hydroxyl groups is 1. The zero-order valence-corrected chi connectivity index (χ0v) is 16.5. The number of cyclic esters (lactones) is 1. The molecule has 4 heterocycles. The summed E-state index contributed by atoms with van der Waals surface area (Å²) in [4.78, 5) is 30.0. The van der Waals surface area contributed by atoms with Crippen molar-refractivity contribution in [3.05, 3.63) is 56.6 Å². The molecule has 30 heavy (non-hydrogen) atoms. The molecule has 0 aliphatic carbocycles. The number of fused-ring (bicyclic) bond motifs is 5. The van der Waals surface area contributed by atoms with E-state index in [1.807, 2.05) is 6.92 Å². The van der Waals surface area contributed by atoms with Crippen LogP contribution in [0.25, 0.3) is 22.3 Å². The first-order chi connectivity index (χ1) is 14.3. The summed E-state index contributed by atoms with van der Waals surface area (Å²) in [6, 6.07) is 4.67. The molecule has 0 bridgehead atoms. The number of ether oxygens (including phenoxy) is 1. The lowest BCUT2D eigenvalue weighted by atomic mass is 9.86. The number of carbonyl (C=O) groups is 1. The zero-order chi connectivity index (χ0) is 21.4. The predicted octanol–water partition coefficient (Wildman–Crippen LogP) is 2.49. The Hall–Kier alpha value is -3.26. The molecular weight excluding hydrogens is 391 g/mol. The first-order valence-electron chi connectivity index (χ1n) is 9.81. The van der Waals surface area contributed by atoms with Gasteiger partial charge < -0.3 is 19.5 Å². The number of rotatable bonds is 2. The number of carbonyl (C=O) groups excluding carboxylic acids is 1. The number of halogens is 1. The van der Waals surface area contributed by atoms with Crippen molar-refractivity contribution in [2.45, 2.75) is 45.4 Å². The average molecular weight is 410 g/mol. The van der Waals surface area contributed by atoms with Crippen molar-refractivity contribution in [3.63, 3.8) is 0 Å². The largest absolute Gasteiger partial charge is 0.507 e. The molecule has 0 saturated carbocycles. The third kappa shape index (κ3) is 2.19. The Bertz CT molecular complexity index is 1330. The summed E-state index contributed by atoms with van der Waals surface area (Å²) in [6.07, 6.45) is 0.613. The van der Waals surface area contributed by atoms with E-state index < -0.39 is 22.9 Å². The van der Waals surface area contributed by atoms with Crippen LogP contribution in [0.5, 0.6) is 5.75 Å². The molecule has 1 aromatic carbocycles. The molecule has 1 atom stereocenters. The monoisotopic (exact) mass is 410 g/mol. The van der Waals surface area contributed by atoms with Crippen molar-refractivity contribution in [1.82, 2.24) is 9.55 Å². The topological polar surface area (TPSA) is 102 Å². The quantitative estimate of drug-likeness (QED) is 0.493. The lowest BCUT2D eigenvalue weighted by Crippen LogP contribution is -2.44. The molecule has 0 radical (unpaired) electrons. The van der Waals surface area contributed by atoms with Gasteiger partial charge in [-0.2, -0.15) is 0 Å². The van der Waals surface area contributed by atoms with Crippen molar-refractivity contribution in [3.8, 4) is 17.1 Å². The minimum atomic E-state index is -1.94. The average Bonchev–Trinajstić information content (AvgIpc) is 3.11. The molecule has 0 saturated heterocycles. The third-order valence-corrected chi connectivity index (χ3v) is 6.22. The Labute approximate surface area is 170 Å². The fourth-order valence-corrected chi connectivity index (χ4v) is 4.45. The van der Waals surface area contributed by atoms with E-state index in [4.69, 9.17) is 4.74 Å². The summed E-state index contributed by atoms with van der Waals surface area (Å²) in [5.41, 5.74) is -0.140. The highest BCUT2D eigenvalue weighted by atomic mass is 19.1. The van der Waals surface area contributed by atoms with Crippen molar-refractivity contribution in [2.75, 3.05) is 0 Å². The maximum absolute atomic E-state index is 15.5. The molecule has 0 fully saturated rings. The number of nitrogens with zero attached hydrogens (tertiary/aromatic N) is 2. The van der Waals surface area contributed by atoms with Gasteiger partial charge in [-0.05, 0) is 30.5 Å². The highest BCUT2D eigenvalue weighted by Crippen LogP contribution is 2.41. The second kappa shape index (κ2) is 6.12. The molecular formula is C22H19FN2O5. The number of aromatic nitrogens is 2. The lowest BCUT2D eigenvalue weighted by Gasteiger charge is -2.31. The van der Waals surface area contributed by atoms with Gasteiger partial charge in [-0.15, -0.1) is 0 Å². The van der Waals surface area contributed by atoms with Crippen LogP contribution in [0.2, 0.25) is 0 Å². The van der Waals surface area contributed by atoms with Gasteiger partial charge in [0.2, 0.25) is 0 Å². The zero-order valence-electron chi connectivity index (χ0n) is 16.5. The van der Waals surface area contributed by atoms with E-state index in [0.29, 0.717) is 17.6 Å². The van der Waals surface area contributed by atoms with Crippen LogP contribution in [0.3, 0.4) is 0 Å². The van der Waals surface area contributed by atoms with Gasteiger partial charge in [-0.25, -0.2) is 14.2 Å². The summed E-state index contributed by atoms with van der Waals surface area (Å²) < 4.78 is 21.9. The summed E-state index contributed by atoms with van der Waals surface area (Å²) in [5.74, 6) is -1.64. The first kappa shape index (κ1) is 18.7. The molecule has 5 rings (SSSR count). The Kier molecular flexibility index (Phi) is 3.82. The summed E-state index contributed by atoms with van der Waals surface area (Å²) in [7, 11) is 0. The van der Waals surface area contributed by atoms with Crippen molar-refractivity contribution in [2.24, 2.45) is 0 Å². The van der Waals surface area contributed by atoms with Gasteiger partial charge in [0.05, 0.1) is 34.4 Å². The van der Waals surface area contributed by atoms with Gasteiger partial charge in [-0.1, -0.05) is 19.9 Å². The van der Waals surface area contributed by atoms with E-state index in [2.05, 4.69) is 4.98 Å². The molecule has 154 valence electrons. The third-order valence-electron chi connectivity index (χ3n) is 6.22. The SMILES string of the molecule is CCc1ccc(O)c2c(F)c3c(nc12)-c1cc2c(c(=O)n1C3)COC(=O)[C@]2(O)CC. The van der Waals surface area contributed by atoms with Gasteiger partial charge in [0.25, 0.3) is 5.56 Å². The van der Waals surface area contributed by atoms with E-state index in [1.165, 1.54) is 10.6 Å². The molecule has 2 aliphatic rings. The van der Waals surface area contributed by atoms with Crippen molar-refractivity contribution in [1.29, 1.82) is 0 Å². The van der Waals surface area contributed by atoms with Gasteiger partial charge in [0, 0.05) is 11.1 Å². The number of aryl methyl sites for hydroxylation is 1. The number of esters is 1.